The molecule has 1 aliphatic heterocycles. The van der Waals surface area contributed by atoms with E-state index in [-0.39, 0.29) is 0 Å². The number of nitrogens with zero attached hydrogens (tertiary/aromatic N) is 3. The summed E-state index contributed by atoms with van der Waals surface area (Å²) in [4.78, 5) is 2.50. The molecule has 1 aliphatic rings. The van der Waals surface area contributed by atoms with Crippen LogP contribution in [0.25, 0.3) is 5.69 Å². The van der Waals surface area contributed by atoms with Crippen LogP contribution in [0.2, 0.25) is 0 Å². The van der Waals surface area contributed by atoms with Crippen LogP contribution in [0.5, 0.6) is 0 Å². The van der Waals surface area contributed by atoms with Gasteiger partial charge in [0.15, 0.2) is 0 Å². The maximum absolute atomic E-state index is 4.48. The molecule has 1 saturated heterocycles. The summed E-state index contributed by atoms with van der Waals surface area (Å²) in [6.45, 7) is 6.59. The molecule has 0 bridgehead atoms. The number of nitrogens with one attached hydrogen (secondary N) is 1. The van der Waals surface area contributed by atoms with Crippen LogP contribution in [0.3, 0.4) is 0 Å². The summed E-state index contributed by atoms with van der Waals surface area (Å²) in [5, 5.41) is 8.06. The minimum atomic E-state index is 0.661. The molecule has 0 amide bonds. The summed E-state index contributed by atoms with van der Waals surface area (Å²) >= 11 is 0. The minimum absolute atomic E-state index is 0.661. The average Bonchev–Trinajstić information content (AvgIpc) is 3.19. The fraction of sp³-hybridized carbons (Fsp3) is 0.471. The lowest BCUT2D eigenvalue weighted by atomic mass is 10.2. The predicted octanol–water partition coefficient (Wildman–Crippen LogP) is 2.45. The standard InChI is InChI=1S/C17H24N4/c1-2-20(14-16-7-6-10-18-16)12-15-11-19-21(13-15)17-8-4-3-5-9-17/h3-5,8-9,11,13,16,18H,2,6-7,10,12,14H2,1H3. The van der Waals surface area contributed by atoms with Crippen molar-refractivity contribution in [2.75, 3.05) is 19.6 Å². The molecule has 1 aromatic carbocycles. The van der Waals surface area contributed by atoms with E-state index in [1.807, 2.05) is 29.1 Å². The third-order valence-corrected chi connectivity index (χ3v) is 4.15. The Morgan fingerprint density at radius 1 is 1.33 bits per heavy atom. The zero-order chi connectivity index (χ0) is 14.5. The maximum Gasteiger partial charge on any atom is 0.0645 e. The lowest BCUT2D eigenvalue weighted by Crippen LogP contribution is -2.37. The van der Waals surface area contributed by atoms with Crippen molar-refractivity contribution in [3.05, 3.63) is 48.3 Å². The van der Waals surface area contributed by atoms with E-state index in [9.17, 15) is 0 Å². The van der Waals surface area contributed by atoms with Gasteiger partial charge in [-0.1, -0.05) is 25.1 Å². The summed E-state index contributed by atoms with van der Waals surface area (Å²) in [5.41, 5.74) is 2.39. The van der Waals surface area contributed by atoms with Crippen molar-refractivity contribution in [1.82, 2.24) is 20.0 Å². The first kappa shape index (κ1) is 14.3. The lowest BCUT2D eigenvalue weighted by molar-refractivity contribution is 0.253. The Hall–Kier alpha value is -1.65. The molecule has 0 saturated carbocycles. The zero-order valence-electron chi connectivity index (χ0n) is 12.7. The largest absolute Gasteiger partial charge is 0.313 e. The lowest BCUT2D eigenvalue weighted by Gasteiger charge is -2.23. The molecular formula is C17H24N4. The number of rotatable bonds is 6. The molecule has 3 rings (SSSR count). The quantitative estimate of drug-likeness (QED) is 0.884. The molecule has 4 nitrogen and oxygen atoms in total. The molecule has 1 N–H and O–H groups in total. The molecule has 0 aliphatic carbocycles. The normalized spacial score (nSPS) is 18.5. The minimum Gasteiger partial charge on any atom is -0.313 e. The third-order valence-electron chi connectivity index (χ3n) is 4.15. The highest BCUT2D eigenvalue weighted by atomic mass is 15.3. The fourth-order valence-electron chi connectivity index (χ4n) is 2.95. The zero-order valence-corrected chi connectivity index (χ0v) is 12.7. The molecule has 112 valence electrons. The Morgan fingerprint density at radius 3 is 2.90 bits per heavy atom. The number of para-hydroxylation sites is 1. The van der Waals surface area contributed by atoms with Crippen LogP contribution in [0.15, 0.2) is 42.7 Å². The van der Waals surface area contributed by atoms with Crippen LogP contribution in [-0.4, -0.2) is 40.4 Å². The molecule has 0 radical (unpaired) electrons. The van der Waals surface area contributed by atoms with E-state index < -0.39 is 0 Å². The first-order valence-electron chi connectivity index (χ1n) is 7.90. The van der Waals surface area contributed by atoms with E-state index in [1.54, 1.807) is 0 Å². The summed E-state index contributed by atoms with van der Waals surface area (Å²) in [6.07, 6.45) is 6.74. The highest BCUT2D eigenvalue weighted by Gasteiger charge is 2.17. The van der Waals surface area contributed by atoms with Crippen LogP contribution in [0, 0.1) is 0 Å². The second kappa shape index (κ2) is 6.87. The highest BCUT2D eigenvalue weighted by molar-refractivity contribution is 5.30. The molecular weight excluding hydrogens is 260 g/mol. The number of hydrogen-bond acceptors (Lipinski definition) is 3. The number of hydrogen-bond donors (Lipinski definition) is 1. The molecule has 2 aromatic rings. The maximum atomic E-state index is 4.48. The van der Waals surface area contributed by atoms with Crippen molar-refractivity contribution in [3.63, 3.8) is 0 Å². The second-order valence-corrected chi connectivity index (χ2v) is 5.75. The Labute approximate surface area is 126 Å². The van der Waals surface area contributed by atoms with Gasteiger partial charge in [-0.3, -0.25) is 4.90 Å². The van der Waals surface area contributed by atoms with E-state index in [0.717, 1.165) is 25.3 Å². The van der Waals surface area contributed by atoms with Crippen LogP contribution in [0.1, 0.15) is 25.3 Å². The number of likely N-dealkylation sites (N-methyl/N-ethyl adjacent to an activating group) is 1. The van der Waals surface area contributed by atoms with Crippen LogP contribution in [-0.2, 0) is 6.54 Å². The highest BCUT2D eigenvalue weighted by Crippen LogP contribution is 2.12. The van der Waals surface area contributed by atoms with E-state index >= 15 is 0 Å². The first-order valence-corrected chi connectivity index (χ1v) is 7.90. The van der Waals surface area contributed by atoms with Crippen LogP contribution in [0.4, 0.5) is 0 Å². The van der Waals surface area contributed by atoms with Gasteiger partial charge in [0.05, 0.1) is 11.9 Å². The Morgan fingerprint density at radius 2 is 2.19 bits per heavy atom. The van der Waals surface area contributed by atoms with Crippen molar-refractivity contribution in [2.24, 2.45) is 0 Å². The average molecular weight is 284 g/mol. The van der Waals surface area contributed by atoms with Gasteiger partial charge in [0.1, 0.15) is 0 Å². The molecule has 21 heavy (non-hydrogen) atoms. The Kier molecular flexibility index (Phi) is 4.68. The van der Waals surface area contributed by atoms with Crippen molar-refractivity contribution >= 4 is 0 Å². The van der Waals surface area contributed by atoms with Gasteiger partial charge in [0.2, 0.25) is 0 Å². The van der Waals surface area contributed by atoms with Gasteiger partial charge < -0.3 is 5.32 Å². The Bertz CT molecular complexity index is 543. The summed E-state index contributed by atoms with van der Waals surface area (Å²) in [7, 11) is 0. The molecule has 1 unspecified atom stereocenters. The van der Waals surface area contributed by atoms with Gasteiger partial charge >= 0.3 is 0 Å². The second-order valence-electron chi connectivity index (χ2n) is 5.75. The summed E-state index contributed by atoms with van der Waals surface area (Å²) in [5.74, 6) is 0. The van der Waals surface area contributed by atoms with Crippen molar-refractivity contribution < 1.29 is 0 Å². The molecule has 4 heteroatoms. The van der Waals surface area contributed by atoms with Gasteiger partial charge in [0.25, 0.3) is 0 Å². The van der Waals surface area contributed by atoms with Crippen molar-refractivity contribution in [3.8, 4) is 5.69 Å². The molecule has 2 heterocycles. The van der Waals surface area contributed by atoms with E-state index in [2.05, 4.69) is 40.6 Å². The van der Waals surface area contributed by atoms with Gasteiger partial charge in [-0.25, -0.2) is 4.68 Å². The SMILES string of the molecule is CCN(Cc1cnn(-c2ccccc2)c1)CC1CCCN1. The van der Waals surface area contributed by atoms with Crippen molar-refractivity contribution in [2.45, 2.75) is 32.4 Å². The fourth-order valence-corrected chi connectivity index (χ4v) is 2.95. The monoisotopic (exact) mass is 284 g/mol. The molecule has 1 fully saturated rings. The predicted molar refractivity (Wildman–Crippen MR) is 85.5 cm³/mol. The molecule has 0 spiro atoms. The van der Waals surface area contributed by atoms with E-state index in [4.69, 9.17) is 0 Å². The van der Waals surface area contributed by atoms with Crippen molar-refractivity contribution in [1.29, 1.82) is 0 Å². The Balaban J connectivity index is 1.62. The van der Waals surface area contributed by atoms with Gasteiger partial charge in [-0.2, -0.15) is 5.10 Å². The number of benzene rings is 1. The molecule has 1 aromatic heterocycles. The third kappa shape index (κ3) is 3.71. The molecule has 1 atom stereocenters. The van der Waals surface area contributed by atoms with Crippen LogP contribution >= 0.6 is 0 Å². The van der Waals surface area contributed by atoms with E-state index in [1.165, 1.54) is 24.9 Å². The van der Waals surface area contributed by atoms with Gasteiger partial charge in [0, 0.05) is 30.9 Å². The van der Waals surface area contributed by atoms with Gasteiger partial charge in [-0.05, 0) is 38.1 Å². The van der Waals surface area contributed by atoms with Gasteiger partial charge in [-0.15, -0.1) is 0 Å². The van der Waals surface area contributed by atoms with Crippen LogP contribution < -0.4 is 5.32 Å². The summed E-state index contributed by atoms with van der Waals surface area (Å²) < 4.78 is 1.96. The topological polar surface area (TPSA) is 33.1 Å². The smallest absolute Gasteiger partial charge is 0.0645 e. The number of aromatic nitrogens is 2. The summed E-state index contributed by atoms with van der Waals surface area (Å²) in [6, 6.07) is 10.9. The van der Waals surface area contributed by atoms with E-state index in [0.29, 0.717) is 6.04 Å². The first-order chi connectivity index (χ1) is 10.3.